The lowest BCUT2D eigenvalue weighted by molar-refractivity contribution is -0.142. The van der Waals surface area contributed by atoms with Crippen molar-refractivity contribution in [2.45, 2.75) is 58.8 Å². The Bertz CT molecular complexity index is 635. The van der Waals surface area contributed by atoms with Crippen molar-refractivity contribution in [2.75, 3.05) is 6.54 Å². The zero-order chi connectivity index (χ0) is 18.1. The Morgan fingerprint density at radius 2 is 1.92 bits per heavy atom. The number of nitrogens with zero attached hydrogens (tertiary/aromatic N) is 1. The predicted molar refractivity (Wildman–Crippen MR) is 89.3 cm³/mol. The highest BCUT2D eigenvalue weighted by atomic mass is 16.6. The highest BCUT2D eigenvalue weighted by Gasteiger charge is 2.42. The summed E-state index contributed by atoms with van der Waals surface area (Å²) in [6.07, 6.45) is -0.760. The van der Waals surface area contributed by atoms with Crippen molar-refractivity contribution in [3.8, 4) is 5.75 Å². The summed E-state index contributed by atoms with van der Waals surface area (Å²) in [5.74, 6) is -0.339. The van der Waals surface area contributed by atoms with Crippen molar-refractivity contribution in [1.29, 1.82) is 0 Å². The Kier molecular flexibility index (Phi) is 5.06. The molecule has 1 aliphatic rings. The van der Waals surface area contributed by atoms with Crippen LogP contribution in [0.25, 0.3) is 0 Å². The maximum absolute atomic E-state index is 12.3. The van der Waals surface area contributed by atoms with Gasteiger partial charge in [0.05, 0.1) is 6.54 Å². The molecule has 1 aromatic carbocycles. The molecule has 6 nitrogen and oxygen atoms in total. The summed E-state index contributed by atoms with van der Waals surface area (Å²) in [6.45, 7) is 9.38. The molecule has 1 aliphatic heterocycles. The van der Waals surface area contributed by atoms with Crippen LogP contribution in [-0.2, 0) is 9.53 Å². The molecule has 0 bridgehead atoms. The van der Waals surface area contributed by atoms with Gasteiger partial charge in [0.15, 0.2) is 0 Å². The number of hydrogen-bond acceptors (Lipinski definition) is 4. The number of ether oxygens (including phenoxy) is 2. The Morgan fingerprint density at radius 3 is 2.46 bits per heavy atom. The number of carboxylic acid groups (broad SMARTS) is 1. The van der Waals surface area contributed by atoms with Crippen LogP contribution in [0.4, 0.5) is 4.79 Å². The lowest BCUT2D eigenvalue weighted by atomic mass is 10.1. The first-order valence-electron chi connectivity index (χ1n) is 8.03. The molecular weight excluding hydrogens is 310 g/mol. The molecule has 6 heteroatoms. The SMILES string of the molecule is Cc1ccc(O[C@H]2C[C@@H](C(=O)O)N(C(=O)OC(C)(C)C)C2)c(C)c1. The highest BCUT2D eigenvalue weighted by Crippen LogP contribution is 2.27. The highest BCUT2D eigenvalue weighted by molar-refractivity contribution is 5.81. The van der Waals surface area contributed by atoms with Crippen LogP contribution in [0.5, 0.6) is 5.75 Å². The maximum Gasteiger partial charge on any atom is 0.411 e. The van der Waals surface area contributed by atoms with E-state index in [4.69, 9.17) is 9.47 Å². The second kappa shape index (κ2) is 6.71. The Hall–Kier alpha value is -2.24. The number of hydrogen-bond donors (Lipinski definition) is 1. The van der Waals surface area contributed by atoms with Gasteiger partial charge >= 0.3 is 12.1 Å². The first-order chi connectivity index (χ1) is 11.1. The second-order valence-electron chi connectivity index (χ2n) is 7.23. The first kappa shape index (κ1) is 18.1. The van der Waals surface area contributed by atoms with E-state index in [1.165, 1.54) is 4.90 Å². The summed E-state index contributed by atoms with van der Waals surface area (Å²) in [4.78, 5) is 25.0. The molecule has 1 aromatic rings. The molecule has 0 aliphatic carbocycles. The fraction of sp³-hybridized carbons (Fsp3) is 0.556. The molecule has 24 heavy (non-hydrogen) atoms. The van der Waals surface area contributed by atoms with Crippen molar-refractivity contribution in [2.24, 2.45) is 0 Å². The van der Waals surface area contributed by atoms with Crippen molar-refractivity contribution in [1.82, 2.24) is 4.90 Å². The Morgan fingerprint density at radius 1 is 1.25 bits per heavy atom. The van der Waals surface area contributed by atoms with Gasteiger partial charge in [0.1, 0.15) is 23.5 Å². The lowest BCUT2D eigenvalue weighted by Crippen LogP contribution is -2.43. The van der Waals surface area contributed by atoms with Gasteiger partial charge in [-0.1, -0.05) is 17.7 Å². The Balaban J connectivity index is 2.11. The van der Waals surface area contributed by atoms with Crippen molar-refractivity contribution in [3.05, 3.63) is 29.3 Å². The van der Waals surface area contributed by atoms with Gasteiger partial charge in [-0.15, -0.1) is 0 Å². The quantitative estimate of drug-likeness (QED) is 0.918. The lowest BCUT2D eigenvalue weighted by Gasteiger charge is -2.26. The number of amides is 1. The van der Waals surface area contributed by atoms with Gasteiger partial charge in [-0.2, -0.15) is 0 Å². The number of rotatable bonds is 3. The van der Waals surface area contributed by atoms with E-state index >= 15 is 0 Å². The molecule has 0 saturated carbocycles. The minimum Gasteiger partial charge on any atom is -0.488 e. The Labute approximate surface area is 142 Å². The summed E-state index contributed by atoms with van der Waals surface area (Å²) >= 11 is 0. The van der Waals surface area contributed by atoms with E-state index in [-0.39, 0.29) is 19.1 Å². The molecule has 2 atom stereocenters. The van der Waals surface area contributed by atoms with Crippen LogP contribution < -0.4 is 4.74 Å². The van der Waals surface area contributed by atoms with Gasteiger partial charge in [-0.3, -0.25) is 4.90 Å². The standard InChI is InChI=1S/C18H25NO5/c1-11-6-7-15(12(2)8-11)23-13-9-14(16(20)21)19(10-13)17(22)24-18(3,4)5/h6-8,13-14H,9-10H2,1-5H3,(H,20,21)/t13-,14-/m0/s1. The van der Waals surface area contributed by atoms with E-state index in [0.29, 0.717) is 5.75 Å². The smallest absolute Gasteiger partial charge is 0.411 e. The summed E-state index contributed by atoms with van der Waals surface area (Å²) in [6, 6.07) is 4.88. The van der Waals surface area contributed by atoms with Crippen LogP contribution in [0.3, 0.4) is 0 Å². The van der Waals surface area contributed by atoms with E-state index in [0.717, 1.165) is 11.1 Å². The number of aryl methyl sites for hydroxylation is 2. The van der Waals surface area contributed by atoms with E-state index < -0.39 is 23.7 Å². The van der Waals surface area contributed by atoms with Gasteiger partial charge < -0.3 is 14.6 Å². The number of likely N-dealkylation sites (tertiary alicyclic amines) is 1. The molecule has 0 aromatic heterocycles. The van der Waals surface area contributed by atoms with Crippen LogP contribution >= 0.6 is 0 Å². The molecule has 1 amide bonds. The monoisotopic (exact) mass is 335 g/mol. The molecule has 1 N–H and O–H groups in total. The van der Waals surface area contributed by atoms with Crippen LogP contribution in [0, 0.1) is 13.8 Å². The van der Waals surface area contributed by atoms with Crippen LogP contribution in [0.2, 0.25) is 0 Å². The van der Waals surface area contributed by atoms with Crippen LogP contribution in [0.15, 0.2) is 18.2 Å². The average Bonchev–Trinajstić information content (AvgIpc) is 2.84. The third-order valence-corrected chi connectivity index (χ3v) is 3.80. The molecule has 132 valence electrons. The number of carbonyl (C=O) groups is 2. The molecule has 0 unspecified atom stereocenters. The number of benzene rings is 1. The summed E-state index contributed by atoms with van der Waals surface area (Å²) in [5.41, 5.74) is 1.44. The second-order valence-corrected chi connectivity index (χ2v) is 7.23. The van der Waals surface area contributed by atoms with E-state index in [9.17, 15) is 14.7 Å². The first-order valence-corrected chi connectivity index (χ1v) is 8.03. The summed E-state index contributed by atoms with van der Waals surface area (Å²) in [7, 11) is 0. The topological polar surface area (TPSA) is 76.1 Å². The zero-order valence-corrected chi connectivity index (χ0v) is 14.8. The molecular formula is C18H25NO5. The molecule has 1 saturated heterocycles. The predicted octanol–water partition coefficient (Wildman–Crippen LogP) is 3.14. The van der Waals surface area contributed by atoms with E-state index in [2.05, 4.69) is 0 Å². The third kappa shape index (κ3) is 4.40. The molecule has 1 heterocycles. The van der Waals surface area contributed by atoms with E-state index in [1.54, 1.807) is 20.8 Å². The maximum atomic E-state index is 12.3. The largest absolute Gasteiger partial charge is 0.488 e. The van der Waals surface area contributed by atoms with Gasteiger partial charge in [0, 0.05) is 6.42 Å². The summed E-state index contributed by atoms with van der Waals surface area (Å²) in [5, 5.41) is 9.40. The van der Waals surface area contributed by atoms with Gasteiger partial charge in [-0.25, -0.2) is 9.59 Å². The summed E-state index contributed by atoms with van der Waals surface area (Å²) < 4.78 is 11.2. The molecule has 0 radical (unpaired) electrons. The zero-order valence-electron chi connectivity index (χ0n) is 14.8. The van der Waals surface area contributed by atoms with E-state index in [1.807, 2.05) is 32.0 Å². The van der Waals surface area contributed by atoms with Crippen molar-refractivity contribution in [3.63, 3.8) is 0 Å². The average molecular weight is 335 g/mol. The van der Waals surface area contributed by atoms with Crippen molar-refractivity contribution < 1.29 is 24.2 Å². The van der Waals surface area contributed by atoms with Crippen molar-refractivity contribution >= 4 is 12.1 Å². The van der Waals surface area contributed by atoms with Gasteiger partial charge in [0.25, 0.3) is 0 Å². The van der Waals surface area contributed by atoms with Crippen LogP contribution in [0.1, 0.15) is 38.3 Å². The number of carbonyl (C=O) groups excluding carboxylic acids is 1. The third-order valence-electron chi connectivity index (χ3n) is 3.80. The van der Waals surface area contributed by atoms with Gasteiger partial charge in [0.2, 0.25) is 0 Å². The van der Waals surface area contributed by atoms with Gasteiger partial charge in [-0.05, 0) is 46.2 Å². The fourth-order valence-corrected chi connectivity index (χ4v) is 2.75. The normalized spacial score (nSPS) is 20.8. The minimum absolute atomic E-state index is 0.194. The fourth-order valence-electron chi connectivity index (χ4n) is 2.75. The molecule has 0 spiro atoms. The number of aliphatic carboxylic acids is 1. The molecule has 1 fully saturated rings. The van der Waals surface area contributed by atoms with Crippen LogP contribution in [-0.4, -0.2) is 46.4 Å². The minimum atomic E-state index is -1.05. The molecule has 2 rings (SSSR count). The number of carboxylic acids is 1.